The minimum absolute atomic E-state index is 0.0888. The molecule has 0 aliphatic heterocycles. The van der Waals surface area contributed by atoms with Crippen molar-refractivity contribution in [3.8, 4) is 5.75 Å². The lowest BCUT2D eigenvalue weighted by atomic mass is 10.3. The van der Waals surface area contributed by atoms with Gasteiger partial charge in [0.05, 0.1) is 0 Å². The fourth-order valence-electron chi connectivity index (χ4n) is 1.56. The van der Waals surface area contributed by atoms with Gasteiger partial charge in [0.15, 0.2) is 0 Å². The van der Waals surface area contributed by atoms with Crippen molar-refractivity contribution in [2.24, 2.45) is 0 Å². The molecule has 2 aromatic carbocycles. The Kier molecular flexibility index (Phi) is 4.05. The molecule has 0 aromatic heterocycles. The number of carbonyl (C=O) groups excluding carboxylic acids is 1. The molecular formula is C14H13NO4S. The molecule has 1 amide bonds. The van der Waals surface area contributed by atoms with Crippen molar-refractivity contribution in [3.63, 3.8) is 0 Å². The third kappa shape index (κ3) is 3.58. The Bertz CT molecular complexity index is 694. The second-order valence-electron chi connectivity index (χ2n) is 4.06. The molecule has 104 valence electrons. The first-order chi connectivity index (χ1) is 9.47. The van der Waals surface area contributed by atoms with E-state index < -0.39 is 10.1 Å². The molecule has 2 rings (SSSR count). The molecule has 0 radical (unpaired) electrons. The van der Waals surface area contributed by atoms with E-state index in [-0.39, 0.29) is 16.6 Å². The van der Waals surface area contributed by atoms with Gasteiger partial charge in [0.25, 0.3) is 0 Å². The third-order valence-electron chi connectivity index (χ3n) is 2.41. The topological polar surface area (TPSA) is 72.5 Å². The summed E-state index contributed by atoms with van der Waals surface area (Å²) in [6.45, 7) is 1.39. The molecule has 0 saturated heterocycles. The molecule has 0 atom stereocenters. The largest absolute Gasteiger partial charge is 0.379 e. The molecule has 0 saturated carbocycles. The molecular weight excluding hydrogens is 278 g/mol. The van der Waals surface area contributed by atoms with E-state index in [1.807, 2.05) is 0 Å². The van der Waals surface area contributed by atoms with Gasteiger partial charge in [-0.25, -0.2) is 0 Å². The van der Waals surface area contributed by atoms with E-state index in [0.29, 0.717) is 5.69 Å². The second-order valence-corrected chi connectivity index (χ2v) is 5.60. The summed E-state index contributed by atoms with van der Waals surface area (Å²) in [4.78, 5) is 11.0. The Morgan fingerprint density at radius 2 is 1.60 bits per heavy atom. The van der Waals surface area contributed by atoms with Crippen LogP contribution in [0.5, 0.6) is 5.75 Å². The van der Waals surface area contributed by atoms with Crippen LogP contribution in [0.2, 0.25) is 0 Å². The number of benzene rings is 2. The predicted octanol–water partition coefficient (Wildman–Crippen LogP) is 2.41. The van der Waals surface area contributed by atoms with Crippen LogP contribution in [0.25, 0.3) is 0 Å². The average molecular weight is 291 g/mol. The Morgan fingerprint density at radius 3 is 2.15 bits per heavy atom. The second kappa shape index (κ2) is 5.75. The highest BCUT2D eigenvalue weighted by atomic mass is 32.2. The summed E-state index contributed by atoms with van der Waals surface area (Å²) in [5.41, 5.74) is 0.571. The van der Waals surface area contributed by atoms with Gasteiger partial charge in [0.2, 0.25) is 5.91 Å². The van der Waals surface area contributed by atoms with E-state index in [0.717, 1.165) is 0 Å². The SMILES string of the molecule is CC(=O)Nc1ccc(OS(=O)(=O)c2ccccc2)cc1. The van der Waals surface area contributed by atoms with Crippen molar-refractivity contribution in [2.75, 3.05) is 5.32 Å². The molecule has 6 heteroatoms. The maximum absolute atomic E-state index is 12.0. The fraction of sp³-hybridized carbons (Fsp3) is 0.0714. The number of rotatable bonds is 4. The molecule has 0 heterocycles. The Balaban J connectivity index is 2.16. The number of carbonyl (C=O) groups is 1. The number of nitrogens with one attached hydrogen (secondary N) is 1. The zero-order valence-corrected chi connectivity index (χ0v) is 11.6. The predicted molar refractivity (Wildman–Crippen MR) is 75.0 cm³/mol. The number of anilines is 1. The zero-order valence-electron chi connectivity index (χ0n) is 10.7. The van der Waals surface area contributed by atoms with Gasteiger partial charge in [-0.05, 0) is 36.4 Å². The Labute approximate surface area is 117 Å². The van der Waals surface area contributed by atoms with Crippen molar-refractivity contribution in [2.45, 2.75) is 11.8 Å². The summed E-state index contributed by atoms with van der Waals surface area (Å²) >= 11 is 0. The molecule has 0 spiro atoms. The van der Waals surface area contributed by atoms with Gasteiger partial charge < -0.3 is 9.50 Å². The maximum atomic E-state index is 12.0. The van der Waals surface area contributed by atoms with Crippen molar-refractivity contribution < 1.29 is 17.4 Å². The van der Waals surface area contributed by atoms with E-state index in [1.54, 1.807) is 30.3 Å². The number of hydrogen-bond acceptors (Lipinski definition) is 4. The van der Waals surface area contributed by atoms with Crippen LogP contribution in [0.3, 0.4) is 0 Å². The summed E-state index contributed by atoms with van der Waals surface area (Å²) in [5.74, 6) is -0.0152. The van der Waals surface area contributed by atoms with Crippen LogP contribution in [0.1, 0.15) is 6.92 Å². The van der Waals surface area contributed by atoms with Gasteiger partial charge in [0, 0.05) is 12.6 Å². The molecule has 0 aliphatic rings. The highest BCUT2D eigenvalue weighted by Gasteiger charge is 2.15. The van der Waals surface area contributed by atoms with Gasteiger partial charge in [-0.3, -0.25) is 4.79 Å². The van der Waals surface area contributed by atoms with E-state index in [4.69, 9.17) is 4.18 Å². The standard InChI is InChI=1S/C14H13NO4S/c1-11(16)15-12-7-9-13(10-8-12)19-20(17,18)14-5-3-2-4-6-14/h2-10H,1H3,(H,15,16). The number of hydrogen-bond donors (Lipinski definition) is 1. The van der Waals surface area contributed by atoms with Gasteiger partial charge in [-0.15, -0.1) is 0 Å². The van der Waals surface area contributed by atoms with Crippen molar-refractivity contribution >= 4 is 21.7 Å². The quantitative estimate of drug-likeness (QED) is 0.878. The minimum atomic E-state index is -3.84. The van der Waals surface area contributed by atoms with E-state index >= 15 is 0 Å². The first-order valence-electron chi connectivity index (χ1n) is 5.84. The van der Waals surface area contributed by atoms with Crippen LogP contribution in [-0.2, 0) is 14.9 Å². The van der Waals surface area contributed by atoms with Crippen LogP contribution in [-0.4, -0.2) is 14.3 Å². The van der Waals surface area contributed by atoms with E-state index in [2.05, 4.69) is 5.32 Å². The molecule has 20 heavy (non-hydrogen) atoms. The smallest absolute Gasteiger partial charge is 0.339 e. The summed E-state index contributed by atoms with van der Waals surface area (Å²) in [5, 5.41) is 2.58. The first-order valence-corrected chi connectivity index (χ1v) is 7.25. The summed E-state index contributed by atoms with van der Waals surface area (Å²) in [6.07, 6.45) is 0. The van der Waals surface area contributed by atoms with Crippen molar-refractivity contribution in [3.05, 3.63) is 54.6 Å². The normalized spacial score (nSPS) is 10.8. The molecule has 0 fully saturated rings. The highest BCUT2D eigenvalue weighted by Crippen LogP contribution is 2.20. The molecule has 0 aliphatic carbocycles. The Morgan fingerprint density at radius 1 is 1.00 bits per heavy atom. The molecule has 0 unspecified atom stereocenters. The van der Waals surface area contributed by atoms with Crippen LogP contribution >= 0.6 is 0 Å². The van der Waals surface area contributed by atoms with E-state index in [9.17, 15) is 13.2 Å². The minimum Gasteiger partial charge on any atom is -0.379 e. The van der Waals surface area contributed by atoms with Gasteiger partial charge in [0.1, 0.15) is 10.6 Å². The lowest BCUT2D eigenvalue weighted by Crippen LogP contribution is -2.10. The summed E-state index contributed by atoms with van der Waals surface area (Å²) in [6, 6.07) is 14.0. The van der Waals surface area contributed by atoms with Crippen molar-refractivity contribution in [1.29, 1.82) is 0 Å². The lowest BCUT2D eigenvalue weighted by molar-refractivity contribution is -0.114. The monoisotopic (exact) mass is 291 g/mol. The van der Waals surface area contributed by atoms with Crippen LogP contribution in [0.15, 0.2) is 59.5 Å². The maximum Gasteiger partial charge on any atom is 0.339 e. The molecule has 0 bridgehead atoms. The zero-order chi connectivity index (χ0) is 14.6. The fourth-order valence-corrected chi connectivity index (χ4v) is 2.51. The number of amides is 1. The van der Waals surface area contributed by atoms with Gasteiger partial charge in [-0.2, -0.15) is 8.42 Å². The van der Waals surface area contributed by atoms with Gasteiger partial charge in [-0.1, -0.05) is 18.2 Å². The summed E-state index contributed by atoms with van der Waals surface area (Å²) in [7, 11) is -3.84. The Hall–Kier alpha value is -2.34. The summed E-state index contributed by atoms with van der Waals surface area (Å²) < 4.78 is 29.0. The first kappa shape index (κ1) is 14.1. The van der Waals surface area contributed by atoms with Crippen LogP contribution in [0, 0.1) is 0 Å². The van der Waals surface area contributed by atoms with Crippen molar-refractivity contribution in [1.82, 2.24) is 0 Å². The van der Waals surface area contributed by atoms with E-state index in [1.165, 1.54) is 31.2 Å². The molecule has 1 N–H and O–H groups in total. The lowest BCUT2D eigenvalue weighted by Gasteiger charge is -2.08. The third-order valence-corrected chi connectivity index (χ3v) is 3.67. The van der Waals surface area contributed by atoms with Crippen LogP contribution in [0.4, 0.5) is 5.69 Å². The average Bonchev–Trinajstić information content (AvgIpc) is 2.41. The highest BCUT2D eigenvalue weighted by molar-refractivity contribution is 7.87. The van der Waals surface area contributed by atoms with Crippen LogP contribution < -0.4 is 9.50 Å². The molecule has 2 aromatic rings. The van der Waals surface area contributed by atoms with Gasteiger partial charge >= 0.3 is 10.1 Å². The molecule has 5 nitrogen and oxygen atoms in total.